The summed E-state index contributed by atoms with van der Waals surface area (Å²) in [6.45, 7) is 0.416. The Morgan fingerprint density at radius 3 is 2.78 bits per heavy atom. The smallest absolute Gasteiger partial charge is 0.148 e. The highest BCUT2D eigenvalue weighted by molar-refractivity contribution is 5.99. The number of carbonyl (C=O) groups excluding carboxylic acids is 1. The molecular formula is C15H10FNO. The molecule has 2 aromatic rings. The van der Waals surface area contributed by atoms with Crippen LogP contribution < -0.4 is 10.6 Å². The summed E-state index contributed by atoms with van der Waals surface area (Å²) in [5.74, 6) is -0.255. The van der Waals surface area contributed by atoms with E-state index in [9.17, 15) is 9.18 Å². The fourth-order valence-corrected chi connectivity index (χ4v) is 2.15. The monoisotopic (exact) mass is 239 g/mol. The third-order valence-corrected chi connectivity index (χ3v) is 3.09. The highest BCUT2D eigenvalue weighted by Gasteiger charge is 2.08. The van der Waals surface area contributed by atoms with Gasteiger partial charge in [-0.15, -0.1) is 0 Å². The first-order valence-electron chi connectivity index (χ1n) is 5.67. The summed E-state index contributed by atoms with van der Waals surface area (Å²) in [5, 5.41) is 1.61. The summed E-state index contributed by atoms with van der Waals surface area (Å²) in [7, 11) is 0. The van der Waals surface area contributed by atoms with Crippen LogP contribution in [0.15, 0.2) is 47.5 Å². The standard InChI is InChI=1S/C15H10FNO/c16-14-4-2-1-3-12(14)10-5-6-13-11(9-18)8-17-15(13)7-10/h1-7,9H,8H2. The normalized spacial score (nSPS) is 13.1. The van der Waals surface area contributed by atoms with Crippen LogP contribution in [-0.2, 0) is 4.79 Å². The molecule has 0 radical (unpaired) electrons. The Morgan fingerprint density at radius 2 is 2.00 bits per heavy atom. The van der Waals surface area contributed by atoms with Gasteiger partial charge in [0.05, 0.1) is 11.9 Å². The molecule has 0 saturated heterocycles. The van der Waals surface area contributed by atoms with Crippen LogP contribution in [0.5, 0.6) is 0 Å². The Bertz CT molecular complexity index is 749. The molecule has 88 valence electrons. The van der Waals surface area contributed by atoms with Gasteiger partial charge in [-0.05, 0) is 17.7 Å². The third kappa shape index (κ3) is 1.64. The van der Waals surface area contributed by atoms with E-state index >= 15 is 0 Å². The van der Waals surface area contributed by atoms with Gasteiger partial charge in [-0.3, -0.25) is 9.79 Å². The van der Waals surface area contributed by atoms with Crippen molar-refractivity contribution in [1.29, 1.82) is 0 Å². The average molecular weight is 239 g/mol. The molecular weight excluding hydrogens is 229 g/mol. The first kappa shape index (κ1) is 10.8. The Balaban J connectivity index is 2.22. The lowest BCUT2D eigenvalue weighted by Crippen LogP contribution is -2.23. The van der Waals surface area contributed by atoms with Crippen molar-refractivity contribution in [3.8, 4) is 11.1 Å². The molecule has 1 heterocycles. The van der Waals surface area contributed by atoms with Gasteiger partial charge in [0.25, 0.3) is 0 Å². The van der Waals surface area contributed by atoms with Gasteiger partial charge in [-0.25, -0.2) is 4.39 Å². The molecule has 0 spiro atoms. The molecule has 0 fully saturated rings. The molecule has 1 aliphatic rings. The Hall–Kier alpha value is -2.29. The second-order valence-electron chi connectivity index (χ2n) is 4.17. The first-order valence-corrected chi connectivity index (χ1v) is 5.67. The minimum absolute atomic E-state index is 0.255. The number of halogens is 1. The van der Waals surface area contributed by atoms with E-state index in [0.717, 1.165) is 22.4 Å². The molecule has 2 aromatic carbocycles. The van der Waals surface area contributed by atoms with Crippen molar-refractivity contribution in [1.82, 2.24) is 0 Å². The van der Waals surface area contributed by atoms with Crippen molar-refractivity contribution in [3.63, 3.8) is 0 Å². The van der Waals surface area contributed by atoms with Crippen molar-refractivity contribution >= 4 is 11.9 Å². The van der Waals surface area contributed by atoms with E-state index < -0.39 is 0 Å². The summed E-state index contributed by atoms with van der Waals surface area (Å²) in [6.07, 6.45) is 0.831. The van der Waals surface area contributed by atoms with Crippen LogP contribution in [0.2, 0.25) is 0 Å². The van der Waals surface area contributed by atoms with Gasteiger partial charge in [0.1, 0.15) is 12.1 Å². The van der Waals surface area contributed by atoms with E-state index in [1.165, 1.54) is 6.07 Å². The summed E-state index contributed by atoms with van der Waals surface area (Å²) < 4.78 is 13.7. The number of hydrogen-bond donors (Lipinski definition) is 0. The fourth-order valence-electron chi connectivity index (χ4n) is 2.15. The molecule has 0 N–H and O–H groups in total. The Kier molecular flexibility index (Phi) is 2.52. The zero-order chi connectivity index (χ0) is 12.5. The summed E-state index contributed by atoms with van der Waals surface area (Å²) in [6, 6.07) is 12.1. The molecule has 0 unspecified atom stereocenters. The van der Waals surface area contributed by atoms with Crippen molar-refractivity contribution in [2.75, 3.05) is 6.54 Å². The van der Waals surface area contributed by atoms with Gasteiger partial charge in [-0.2, -0.15) is 0 Å². The highest BCUT2D eigenvalue weighted by atomic mass is 19.1. The number of aldehydes is 1. The van der Waals surface area contributed by atoms with Gasteiger partial charge in [0, 0.05) is 16.4 Å². The van der Waals surface area contributed by atoms with E-state index in [0.29, 0.717) is 17.7 Å². The van der Waals surface area contributed by atoms with Crippen molar-refractivity contribution < 1.29 is 9.18 Å². The summed E-state index contributed by atoms with van der Waals surface area (Å²) >= 11 is 0. The lowest BCUT2D eigenvalue weighted by molar-refractivity contribution is -0.103. The minimum Gasteiger partial charge on any atom is -0.298 e. The molecule has 0 amide bonds. The maximum Gasteiger partial charge on any atom is 0.148 e. The third-order valence-electron chi connectivity index (χ3n) is 3.09. The van der Waals surface area contributed by atoms with Gasteiger partial charge >= 0.3 is 0 Å². The topological polar surface area (TPSA) is 29.4 Å². The van der Waals surface area contributed by atoms with Crippen molar-refractivity contribution in [2.45, 2.75) is 0 Å². The number of carbonyl (C=O) groups is 1. The molecule has 2 nitrogen and oxygen atoms in total. The fraction of sp³-hybridized carbons (Fsp3) is 0.0667. The van der Waals surface area contributed by atoms with Crippen LogP contribution >= 0.6 is 0 Å². The van der Waals surface area contributed by atoms with Crippen LogP contribution in [-0.4, -0.2) is 12.8 Å². The zero-order valence-corrected chi connectivity index (χ0v) is 9.56. The predicted molar refractivity (Wildman–Crippen MR) is 67.0 cm³/mol. The van der Waals surface area contributed by atoms with E-state index in [1.807, 2.05) is 18.2 Å². The number of hydrogen-bond acceptors (Lipinski definition) is 2. The number of rotatable bonds is 2. The molecule has 0 bridgehead atoms. The van der Waals surface area contributed by atoms with E-state index in [-0.39, 0.29) is 5.82 Å². The van der Waals surface area contributed by atoms with Crippen LogP contribution in [0.25, 0.3) is 16.7 Å². The first-order chi connectivity index (χ1) is 8.79. The van der Waals surface area contributed by atoms with Gasteiger partial charge in [-0.1, -0.05) is 30.3 Å². The molecule has 0 aliphatic carbocycles. The maximum absolute atomic E-state index is 13.7. The number of fused-ring (bicyclic) bond motifs is 1. The molecule has 0 saturated carbocycles. The van der Waals surface area contributed by atoms with E-state index in [2.05, 4.69) is 4.99 Å². The molecule has 3 heteroatoms. The zero-order valence-electron chi connectivity index (χ0n) is 9.56. The molecule has 1 aliphatic heterocycles. The lowest BCUT2D eigenvalue weighted by atomic mass is 10.0. The Labute approximate surface area is 103 Å². The van der Waals surface area contributed by atoms with Crippen molar-refractivity contribution in [2.24, 2.45) is 4.99 Å². The molecule has 0 atom stereocenters. The highest BCUT2D eigenvalue weighted by Crippen LogP contribution is 2.20. The minimum atomic E-state index is -0.255. The molecule has 18 heavy (non-hydrogen) atoms. The Morgan fingerprint density at radius 1 is 1.17 bits per heavy atom. The number of benzene rings is 2. The van der Waals surface area contributed by atoms with Crippen molar-refractivity contribution in [3.05, 3.63) is 58.9 Å². The number of nitrogens with zero attached hydrogens (tertiary/aromatic N) is 1. The SMILES string of the molecule is O=CC1=c2ccc(-c3ccccc3F)cc2=NC1. The van der Waals surface area contributed by atoms with Crippen LogP contribution in [0.4, 0.5) is 4.39 Å². The summed E-state index contributed by atoms with van der Waals surface area (Å²) in [5.41, 5.74) is 2.02. The second kappa shape index (κ2) is 4.18. The van der Waals surface area contributed by atoms with Crippen LogP contribution in [0.3, 0.4) is 0 Å². The van der Waals surface area contributed by atoms with Gasteiger partial charge in [0.2, 0.25) is 0 Å². The lowest BCUT2D eigenvalue weighted by Gasteiger charge is -2.02. The largest absolute Gasteiger partial charge is 0.298 e. The quantitative estimate of drug-likeness (QED) is 0.730. The molecule has 3 rings (SSSR count). The second-order valence-corrected chi connectivity index (χ2v) is 4.17. The van der Waals surface area contributed by atoms with Gasteiger partial charge < -0.3 is 0 Å². The van der Waals surface area contributed by atoms with Crippen LogP contribution in [0, 0.1) is 5.82 Å². The van der Waals surface area contributed by atoms with E-state index in [1.54, 1.807) is 18.2 Å². The van der Waals surface area contributed by atoms with E-state index in [4.69, 9.17) is 0 Å². The maximum atomic E-state index is 13.7. The van der Waals surface area contributed by atoms with Crippen LogP contribution in [0.1, 0.15) is 0 Å². The average Bonchev–Trinajstić information content (AvgIpc) is 2.81. The summed E-state index contributed by atoms with van der Waals surface area (Å²) in [4.78, 5) is 15.1. The predicted octanol–water partition coefficient (Wildman–Crippen LogP) is 1.48. The van der Waals surface area contributed by atoms with Gasteiger partial charge in [0.15, 0.2) is 0 Å². The molecule has 0 aromatic heterocycles.